The summed E-state index contributed by atoms with van der Waals surface area (Å²) in [6.45, 7) is 5.64. The van der Waals surface area contributed by atoms with E-state index in [9.17, 15) is 14.9 Å². The lowest BCUT2D eigenvalue weighted by atomic mass is 10.1. The molecule has 0 saturated carbocycles. The van der Waals surface area contributed by atoms with Crippen LogP contribution in [0.2, 0.25) is 0 Å². The van der Waals surface area contributed by atoms with E-state index in [1.807, 2.05) is 48.2 Å². The Morgan fingerprint density at radius 2 is 1.79 bits per heavy atom. The average Bonchev–Trinajstić information content (AvgIpc) is 3.55. The molecule has 5 rings (SSSR count). The molecule has 0 unspecified atom stereocenters. The third-order valence-corrected chi connectivity index (χ3v) is 6.93. The maximum atomic E-state index is 12.7. The van der Waals surface area contributed by atoms with Crippen molar-refractivity contribution >= 4 is 51.4 Å². The number of nitrogens with one attached hydrogen (secondary N) is 2. The van der Waals surface area contributed by atoms with Gasteiger partial charge in [-0.2, -0.15) is 0 Å². The van der Waals surface area contributed by atoms with E-state index in [0.29, 0.717) is 23.7 Å². The molecule has 0 atom stereocenters. The summed E-state index contributed by atoms with van der Waals surface area (Å²) in [5.74, 6) is 0.120. The van der Waals surface area contributed by atoms with Gasteiger partial charge in [-0.05, 0) is 92.0 Å². The Morgan fingerprint density at radius 1 is 1.08 bits per heavy atom. The maximum Gasteiger partial charge on any atom is 0.293 e. The van der Waals surface area contributed by atoms with Gasteiger partial charge in [0.1, 0.15) is 11.2 Å². The van der Waals surface area contributed by atoms with Crippen LogP contribution in [0.5, 0.6) is 0 Å². The molecule has 10 heteroatoms. The van der Waals surface area contributed by atoms with Crippen LogP contribution in [-0.4, -0.2) is 34.0 Å². The third-order valence-electron chi connectivity index (χ3n) is 6.72. The van der Waals surface area contributed by atoms with Crippen LogP contribution in [0, 0.1) is 24.0 Å². The molecule has 1 saturated heterocycles. The van der Waals surface area contributed by atoms with Gasteiger partial charge in [-0.3, -0.25) is 20.2 Å². The smallest absolute Gasteiger partial charge is 0.293 e. The Bertz CT molecular complexity index is 1500. The summed E-state index contributed by atoms with van der Waals surface area (Å²) in [4.78, 5) is 30.5. The zero-order chi connectivity index (χ0) is 26.8. The number of aromatic nitrogens is 1. The zero-order valence-corrected chi connectivity index (χ0v) is 21.9. The van der Waals surface area contributed by atoms with E-state index in [2.05, 4.69) is 22.5 Å². The highest BCUT2D eigenvalue weighted by molar-refractivity contribution is 7.80. The molecule has 2 N–H and O–H groups in total. The van der Waals surface area contributed by atoms with Gasteiger partial charge >= 0.3 is 0 Å². The highest BCUT2D eigenvalue weighted by Gasteiger charge is 2.24. The Kier molecular flexibility index (Phi) is 7.06. The summed E-state index contributed by atoms with van der Waals surface area (Å²) in [6, 6.07) is 16.1. The van der Waals surface area contributed by atoms with Gasteiger partial charge in [0.2, 0.25) is 0 Å². The molecular weight excluding hydrogens is 502 g/mol. The Morgan fingerprint density at radius 3 is 2.50 bits per heavy atom. The van der Waals surface area contributed by atoms with Gasteiger partial charge in [0.15, 0.2) is 16.6 Å². The number of oxazole rings is 1. The normalized spacial score (nSPS) is 13.1. The number of hydrogen-bond acceptors (Lipinski definition) is 7. The van der Waals surface area contributed by atoms with Crippen LogP contribution in [0.3, 0.4) is 0 Å². The molecule has 0 aliphatic carbocycles. The minimum absolute atomic E-state index is 0.0850. The second kappa shape index (κ2) is 10.6. The third kappa shape index (κ3) is 5.50. The molecule has 4 aromatic rings. The van der Waals surface area contributed by atoms with E-state index in [-0.39, 0.29) is 16.4 Å². The summed E-state index contributed by atoms with van der Waals surface area (Å²) in [7, 11) is 0. The van der Waals surface area contributed by atoms with Gasteiger partial charge < -0.3 is 14.6 Å². The van der Waals surface area contributed by atoms with Crippen molar-refractivity contribution in [2.75, 3.05) is 23.3 Å². The summed E-state index contributed by atoms with van der Waals surface area (Å²) in [5.41, 5.74) is 6.28. The molecule has 0 bridgehead atoms. The number of carbonyl (C=O) groups excluding carboxylic acids is 1. The van der Waals surface area contributed by atoms with Gasteiger partial charge in [0.25, 0.3) is 11.6 Å². The Balaban J connectivity index is 1.20. The number of amides is 1. The van der Waals surface area contributed by atoms with Gasteiger partial charge in [0, 0.05) is 36.8 Å². The average molecular weight is 530 g/mol. The molecule has 1 aliphatic heterocycles. The maximum absolute atomic E-state index is 12.7. The molecule has 2 heterocycles. The number of nitro groups is 1. The predicted octanol–water partition coefficient (Wildman–Crippen LogP) is 5.67. The fourth-order valence-electron chi connectivity index (χ4n) is 4.56. The van der Waals surface area contributed by atoms with Crippen molar-refractivity contribution in [2.24, 2.45) is 0 Å². The molecule has 194 valence electrons. The molecule has 1 aliphatic rings. The molecule has 1 aromatic heterocycles. The number of nitro benzene ring substituents is 1. The number of fused-ring (bicyclic) bond motifs is 1. The first-order chi connectivity index (χ1) is 18.3. The number of benzene rings is 3. The van der Waals surface area contributed by atoms with Crippen LogP contribution >= 0.6 is 12.2 Å². The fourth-order valence-corrected chi connectivity index (χ4v) is 4.77. The summed E-state index contributed by atoms with van der Waals surface area (Å²) in [5, 5.41) is 17.3. The van der Waals surface area contributed by atoms with Crippen molar-refractivity contribution in [3.63, 3.8) is 0 Å². The number of aryl methyl sites for hydroxylation is 2. The molecule has 0 spiro atoms. The molecule has 3 aromatic carbocycles. The van der Waals surface area contributed by atoms with E-state index in [1.54, 1.807) is 12.1 Å². The van der Waals surface area contributed by atoms with Crippen LogP contribution in [0.25, 0.3) is 11.1 Å². The zero-order valence-electron chi connectivity index (χ0n) is 21.1. The minimum atomic E-state index is -0.517. The molecule has 0 radical (unpaired) electrons. The van der Waals surface area contributed by atoms with Crippen LogP contribution in [-0.2, 0) is 6.42 Å². The standard InChI is InChI=1S/C28H27N5O4S/c1-17-13-22-25(14-18(17)2)37-26(30-22)15-19-5-8-21(9-6-19)29-28(38)31-27(34)20-7-10-23(24(16-20)33(35)36)32-11-3-4-12-32/h5-10,13-14,16H,3-4,11-12,15H2,1-2H3,(H2,29,31,34,38). The summed E-state index contributed by atoms with van der Waals surface area (Å²) >= 11 is 5.30. The van der Waals surface area contributed by atoms with Crippen molar-refractivity contribution < 1.29 is 14.1 Å². The van der Waals surface area contributed by atoms with E-state index in [1.165, 1.54) is 11.6 Å². The van der Waals surface area contributed by atoms with Gasteiger partial charge in [-0.1, -0.05) is 12.1 Å². The molecule has 9 nitrogen and oxygen atoms in total. The quantitative estimate of drug-likeness (QED) is 0.187. The molecule has 1 amide bonds. The van der Waals surface area contributed by atoms with Gasteiger partial charge in [0.05, 0.1) is 4.92 Å². The summed E-state index contributed by atoms with van der Waals surface area (Å²) in [6.07, 6.45) is 2.54. The molecular formula is C28H27N5O4S. The number of carbonyl (C=O) groups is 1. The van der Waals surface area contributed by atoms with Crippen molar-refractivity contribution in [3.05, 3.63) is 92.9 Å². The van der Waals surface area contributed by atoms with Crippen LogP contribution in [0.4, 0.5) is 17.1 Å². The molecule has 1 fully saturated rings. The minimum Gasteiger partial charge on any atom is -0.440 e. The number of anilines is 2. The lowest BCUT2D eigenvalue weighted by molar-refractivity contribution is -0.384. The number of thiocarbonyl (C=S) groups is 1. The second-order valence-corrected chi connectivity index (χ2v) is 9.86. The van der Waals surface area contributed by atoms with Crippen LogP contribution in [0.1, 0.15) is 45.8 Å². The van der Waals surface area contributed by atoms with E-state index < -0.39 is 10.8 Å². The fraction of sp³-hybridized carbons (Fsp3) is 0.250. The first-order valence-electron chi connectivity index (χ1n) is 12.4. The van der Waals surface area contributed by atoms with Gasteiger partial charge in [-0.15, -0.1) is 0 Å². The van der Waals surface area contributed by atoms with E-state index in [0.717, 1.165) is 48.2 Å². The van der Waals surface area contributed by atoms with Crippen molar-refractivity contribution in [2.45, 2.75) is 33.1 Å². The second-order valence-electron chi connectivity index (χ2n) is 9.45. The van der Waals surface area contributed by atoms with Crippen molar-refractivity contribution in [1.29, 1.82) is 0 Å². The number of nitrogens with zero attached hydrogens (tertiary/aromatic N) is 3. The predicted molar refractivity (Wildman–Crippen MR) is 151 cm³/mol. The SMILES string of the molecule is Cc1cc2nc(Cc3ccc(NC(=S)NC(=O)c4ccc(N5CCCC5)c([N+](=O)[O-])c4)cc3)oc2cc1C. The molecule has 38 heavy (non-hydrogen) atoms. The van der Waals surface area contributed by atoms with Gasteiger partial charge in [-0.25, -0.2) is 4.98 Å². The van der Waals surface area contributed by atoms with Crippen molar-refractivity contribution in [3.8, 4) is 0 Å². The highest BCUT2D eigenvalue weighted by Crippen LogP contribution is 2.31. The number of hydrogen-bond donors (Lipinski definition) is 2. The Hall–Kier alpha value is -4.31. The lowest BCUT2D eigenvalue weighted by Gasteiger charge is -2.18. The van der Waals surface area contributed by atoms with Crippen LogP contribution in [0.15, 0.2) is 59.0 Å². The number of rotatable bonds is 6. The summed E-state index contributed by atoms with van der Waals surface area (Å²) < 4.78 is 5.91. The topological polar surface area (TPSA) is 114 Å². The van der Waals surface area contributed by atoms with E-state index >= 15 is 0 Å². The lowest BCUT2D eigenvalue weighted by Crippen LogP contribution is -2.34. The first-order valence-corrected chi connectivity index (χ1v) is 12.8. The van der Waals surface area contributed by atoms with Crippen molar-refractivity contribution in [1.82, 2.24) is 10.3 Å². The largest absolute Gasteiger partial charge is 0.440 e. The Labute approximate surface area is 225 Å². The van der Waals surface area contributed by atoms with Crippen LogP contribution < -0.4 is 15.5 Å². The first kappa shape index (κ1) is 25.3. The highest BCUT2D eigenvalue weighted by atomic mass is 32.1. The van der Waals surface area contributed by atoms with E-state index in [4.69, 9.17) is 16.6 Å². The monoisotopic (exact) mass is 529 g/mol.